The van der Waals surface area contributed by atoms with Crippen molar-refractivity contribution in [3.63, 3.8) is 0 Å². The van der Waals surface area contributed by atoms with Gasteiger partial charge in [-0.2, -0.15) is 0 Å². The molecular formula is C15H12Br2N2. The molecule has 0 saturated carbocycles. The number of imidazole rings is 1. The molecule has 2 nitrogen and oxygen atoms in total. The lowest BCUT2D eigenvalue weighted by molar-refractivity contribution is 1.32. The summed E-state index contributed by atoms with van der Waals surface area (Å²) in [7, 11) is 0. The molecule has 3 rings (SSSR count). The molecule has 19 heavy (non-hydrogen) atoms. The zero-order chi connectivity index (χ0) is 13.6. The summed E-state index contributed by atoms with van der Waals surface area (Å²) >= 11 is 7.04. The van der Waals surface area contributed by atoms with Crippen molar-refractivity contribution in [2.75, 3.05) is 0 Å². The predicted molar refractivity (Wildman–Crippen MR) is 86.4 cm³/mol. The van der Waals surface area contributed by atoms with Crippen LogP contribution in [0.5, 0.6) is 0 Å². The predicted octanol–water partition coefficient (Wildman–Crippen LogP) is 5.37. The van der Waals surface area contributed by atoms with Crippen molar-refractivity contribution in [1.29, 1.82) is 0 Å². The Kier molecular flexibility index (Phi) is 3.23. The van der Waals surface area contributed by atoms with Gasteiger partial charge in [0.2, 0.25) is 0 Å². The van der Waals surface area contributed by atoms with Gasteiger partial charge in [0, 0.05) is 14.5 Å². The molecular weight excluding hydrogens is 368 g/mol. The molecule has 96 valence electrons. The Hall–Kier alpha value is -1.13. The number of fused-ring (bicyclic) bond motifs is 1. The van der Waals surface area contributed by atoms with Gasteiger partial charge >= 0.3 is 0 Å². The average molecular weight is 380 g/mol. The number of hydrogen-bond acceptors (Lipinski definition) is 1. The Bertz CT molecular complexity index is 736. The molecule has 2 aromatic carbocycles. The molecule has 1 N–H and O–H groups in total. The molecule has 3 aromatic rings. The first-order valence-corrected chi connectivity index (χ1v) is 7.55. The van der Waals surface area contributed by atoms with Crippen LogP contribution in [0.25, 0.3) is 22.4 Å². The Labute approximate surface area is 128 Å². The van der Waals surface area contributed by atoms with Gasteiger partial charge in [-0.15, -0.1) is 0 Å². The lowest BCUT2D eigenvalue weighted by Gasteiger charge is -2.00. The molecule has 0 aliphatic heterocycles. The van der Waals surface area contributed by atoms with E-state index in [4.69, 9.17) is 0 Å². The molecule has 0 radical (unpaired) electrons. The van der Waals surface area contributed by atoms with Crippen molar-refractivity contribution in [3.8, 4) is 11.4 Å². The van der Waals surface area contributed by atoms with E-state index in [0.29, 0.717) is 0 Å². The molecule has 0 amide bonds. The van der Waals surface area contributed by atoms with Crippen LogP contribution in [0.15, 0.2) is 39.3 Å². The van der Waals surface area contributed by atoms with E-state index < -0.39 is 0 Å². The van der Waals surface area contributed by atoms with Crippen LogP contribution in [0.4, 0.5) is 0 Å². The SMILES string of the molecule is Cc1cc2nc(-c3ccc(Br)cc3Br)[nH]c2cc1C. The summed E-state index contributed by atoms with van der Waals surface area (Å²) in [6, 6.07) is 10.4. The number of nitrogens with zero attached hydrogens (tertiary/aromatic N) is 1. The average Bonchev–Trinajstić information content (AvgIpc) is 2.72. The van der Waals surface area contributed by atoms with Crippen LogP contribution < -0.4 is 0 Å². The van der Waals surface area contributed by atoms with Gasteiger partial charge in [-0.1, -0.05) is 15.9 Å². The van der Waals surface area contributed by atoms with Crippen LogP contribution >= 0.6 is 31.9 Å². The lowest BCUT2D eigenvalue weighted by atomic mass is 10.1. The maximum Gasteiger partial charge on any atom is 0.139 e. The zero-order valence-electron chi connectivity index (χ0n) is 10.6. The van der Waals surface area contributed by atoms with E-state index >= 15 is 0 Å². The minimum Gasteiger partial charge on any atom is -0.338 e. The number of aromatic amines is 1. The molecule has 1 heterocycles. The molecule has 0 unspecified atom stereocenters. The second kappa shape index (κ2) is 4.76. The molecule has 4 heteroatoms. The van der Waals surface area contributed by atoms with Crippen molar-refractivity contribution < 1.29 is 0 Å². The van der Waals surface area contributed by atoms with Crippen LogP contribution in [0, 0.1) is 13.8 Å². The Morgan fingerprint density at radius 2 is 1.74 bits per heavy atom. The van der Waals surface area contributed by atoms with Crippen LogP contribution in [-0.4, -0.2) is 9.97 Å². The molecule has 0 aliphatic carbocycles. The number of aryl methyl sites for hydroxylation is 2. The third-order valence-electron chi connectivity index (χ3n) is 3.28. The zero-order valence-corrected chi connectivity index (χ0v) is 13.8. The van der Waals surface area contributed by atoms with E-state index in [1.807, 2.05) is 18.2 Å². The summed E-state index contributed by atoms with van der Waals surface area (Å²) < 4.78 is 2.07. The van der Waals surface area contributed by atoms with Gasteiger partial charge in [-0.3, -0.25) is 0 Å². The highest BCUT2D eigenvalue weighted by atomic mass is 79.9. The first kappa shape index (κ1) is 12.9. The summed E-state index contributed by atoms with van der Waals surface area (Å²) in [6.07, 6.45) is 0. The number of benzene rings is 2. The summed E-state index contributed by atoms with van der Waals surface area (Å²) in [5, 5.41) is 0. The molecule has 0 spiro atoms. The molecule has 0 bridgehead atoms. The standard InChI is InChI=1S/C15H12Br2N2/c1-8-5-13-14(6-9(8)2)19-15(18-13)11-4-3-10(16)7-12(11)17/h3-7H,1-2H3,(H,18,19). The highest BCUT2D eigenvalue weighted by Gasteiger charge is 2.09. The van der Waals surface area contributed by atoms with Gasteiger partial charge in [0.25, 0.3) is 0 Å². The Balaban J connectivity index is 2.20. The van der Waals surface area contributed by atoms with Crippen LogP contribution in [0.2, 0.25) is 0 Å². The molecule has 0 aliphatic rings. The highest BCUT2D eigenvalue weighted by molar-refractivity contribution is 9.11. The maximum absolute atomic E-state index is 4.67. The van der Waals surface area contributed by atoms with Gasteiger partial charge in [-0.05, 0) is 71.2 Å². The number of halogens is 2. The van der Waals surface area contributed by atoms with Crippen LogP contribution in [-0.2, 0) is 0 Å². The smallest absolute Gasteiger partial charge is 0.139 e. The van der Waals surface area contributed by atoms with Gasteiger partial charge in [0.05, 0.1) is 11.0 Å². The summed E-state index contributed by atoms with van der Waals surface area (Å²) in [6.45, 7) is 4.23. The second-order valence-corrected chi connectivity index (χ2v) is 6.43. The summed E-state index contributed by atoms with van der Waals surface area (Å²) in [4.78, 5) is 8.06. The van der Waals surface area contributed by atoms with Crippen molar-refractivity contribution in [2.24, 2.45) is 0 Å². The minimum atomic E-state index is 0.888. The Morgan fingerprint density at radius 1 is 1.00 bits per heavy atom. The van der Waals surface area contributed by atoms with Gasteiger partial charge in [-0.25, -0.2) is 4.98 Å². The third-order valence-corrected chi connectivity index (χ3v) is 4.43. The van der Waals surface area contributed by atoms with Crippen molar-refractivity contribution in [1.82, 2.24) is 9.97 Å². The fourth-order valence-electron chi connectivity index (χ4n) is 2.08. The molecule has 1 aromatic heterocycles. The minimum absolute atomic E-state index is 0.888. The quantitative estimate of drug-likeness (QED) is 0.604. The van der Waals surface area contributed by atoms with Gasteiger partial charge < -0.3 is 4.98 Å². The van der Waals surface area contributed by atoms with Crippen LogP contribution in [0.1, 0.15) is 11.1 Å². The number of nitrogens with one attached hydrogen (secondary N) is 1. The van der Waals surface area contributed by atoms with Gasteiger partial charge in [0.1, 0.15) is 5.82 Å². The maximum atomic E-state index is 4.67. The molecule has 0 fully saturated rings. The van der Waals surface area contributed by atoms with Crippen molar-refractivity contribution >= 4 is 42.9 Å². The number of hydrogen-bond donors (Lipinski definition) is 1. The monoisotopic (exact) mass is 378 g/mol. The van der Waals surface area contributed by atoms with Gasteiger partial charge in [0.15, 0.2) is 0 Å². The fraction of sp³-hybridized carbons (Fsp3) is 0.133. The molecule has 0 saturated heterocycles. The van der Waals surface area contributed by atoms with Crippen molar-refractivity contribution in [3.05, 3.63) is 50.4 Å². The number of aromatic nitrogens is 2. The summed E-state index contributed by atoms with van der Waals surface area (Å²) in [5.41, 5.74) is 5.69. The molecule has 0 atom stereocenters. The van der Waals surface area contributed by atoms with E-state index in [2.05, 4.69) is 67.8 Å². The number of rotatable bonds is 1. The van der Waals surface area contributed by atoms with Crippen LogP contribution in [0.3, 0.4) is 0 Å². The normalized spacial score (nSPS) is 11.2. The topological polar surface area (TPSA) is 28.7 Å². The van der Waals surface area contributed by atoms with E-state index in [9.17, 15) is 0 Å². The first-order chi connectivity index (χ1) is 9.04. The lowest BCUT2D eigenvalue weighted by Crippen LogP contribution is -1.82. The largest absolute Gasteiger partial charge is 0.338 e. The number of H-pyrrole nitrogens is 1. The van der Waals surface area contributed by atoms with E-state index in [1.54, 1.807) is 0 Å². The van der Waals surface area contributed by atoms with E-state index in [-0.39, 0.29) is 0 Å². The Morgan fingerprint density at radius 3 is 2.47 bits per heavy atom. The third kappa shape index (κ3) is 2.35. The summed E-state index contributed by atoms with van der Waals surface area (Å²) in [5.74, 6) is 0.888. The fourth-order valence-corrected chi connectivity index (χ4v) is 3.31. The highest BCUT2D eigenvalue weighted by Crippen LogP contribution is 2.30. The van der Waals surface area contributed by atoms with Crippen molar-refractivity contribution in [2.45, 2.75) is 13.8 Å². The van der Waals surface area contributed by atoms with E-state index in [0.717, 1.165) is 31.4 Å². The second-order valence-electron chi connectivity index (χ2n) is 4.66. The first-order valence-electron chi connectivity index (χ1n) is 5.97. The van der Waals surface area contributed by atoms with E-state index in [1.165, 1.54) is 11.1 Å².